The van der Waals surface area contributed by atoms with Crippen LogP contribution in [0.4, 0.5) is 0 Å². The number of nitrogens with zero attached hydrogens (tertiary/aromatic N) is 2. The van der Waals surface area contributed by atoms with Crippen molar-refractivity contribution in [3.05, 3.63) is 16.1 Å². The van der Waals surface area contributed by atoms with Crippen molar-refractivity contribution in [1.29, 1.82) is 0 Å². The van der Waals surface area contributed by atoms with Crippen LogP contribution in [0.1, 0.15) is 35.9 Å². The molecule has 1 aromatic rings. The first-order valence-electron chi connectivity index (χ1n) is 6.38. The normalized spacial score (nSPS) is 17.9. The number of aromatic nitrogens is 1. The topological polar surface area (TPSA) is 42.4 Å². The summed E-state index contributed by atoms with van der Waals surface area (Å²) in [5.41, 5.74) is 1.22. The van der Waals surface area contributed by atoms with E-state index in [1.165, 1.54) is 25.6 Å². The number of aryl methyl sites for hydroxylation is 1. The van der Waals surface area contributed by atoms with Gasteiger partial charge in [-0.3, -0.25) is 4.79 Å². The minimum Gasteiger partial charge on any atom is -0.469 e. The van der Waals surface area contributed by atoms with Gasteiger partial charge in [-0.2, -0.15) is 0 Å². The predicted molar refractivity (Wildman–Crippen MR) is 71.9 cm³/mol. The second kappa shape index (κ2) is 6.29. The third-order valence-corrected chi connectivity index (χ3v) is 4.40. The first kappa shape index (κ1) is 13.5. The maximum absolute atomic E-state index is 11.1. The molecule has 18 heavy (non-hydrogen) atoms. The molecule has 1 aliphatic rings. The SMILES string of the molecule is COC(=O)CCc1nc(C2CCN(C)CC2)cs1. The summed E-state index contributed by atoms with van der Waals surface area (Å²) in [6.45, 7) is 2.30. The number of piperidine rings is 1. The van der Waals surface area contributed by atoms with Crippen LogP contribution in [0.3, 0.4) is 0 Å². The van der Waals surface area contributed by atoms with Gasteiger partial charge in [0.1, 0.15) is 0 Å². The summed E-state index contributed by atoms with van der Waals surface area (Å²) in [5.74, 6) is 0.440. The van der Waals surface area contributed by atoms with E-state index < -0.39 is 0 Å². The largest absolute Gasteiger partial charge is 0.469 e. The molecule has 0 saturated carbocycles. The van der Waals surface area contributed by atoms with Crippen molar-refractivity contribution in [3.63, 3.8) is 0 Å². The molecule has 1 fully saturated rings. The van der Waals surface area contributed by atoms with Crippen molar-refractivity contribution in [2.75, 3.05) is 27.2 Å². The van der Waals surface area contributed by atoms with Crippen LogP contribution in [0.25, 0.3) is 0 Å². The third kappa shape index (κ3) is 3.53. The number of rotatable bonds is 4. The van der Waals surface area contributed by atoms with Gasteiger partial charge in [0.25, 0.3) is 0 Å². The van der Waals surface area contributed by atoms with Crippen molar-refractivity contribution in [1.82, 2.24) is 9.88 Å². The van der Waals surface area contributed by atoms with Gasteiger partial charge in [-0.1, -0.05) is 0 Å². The summed E-state index contributed by atoms with van der Waals surface area (Å²) < 4.78 is 4.64. The molecule has 0 bridgehead atoms. The molecule has 0 amide bonds. The summed E-state index contributed by atoms with van der Waals surface area (Å²) in [4.78, 5) is 18.1. The van der Waals surface area contributed by atoms with E-state index in [1.807, 2.05) is 0 Å². The minimum atomic E-state index is -0.161. The Morgan fingerprint density at radius 1 is 1.56 bits per heavy atom. The molecule has 0 unspecified atom stereocenters. The maximum atomic E-state index is 11.1. The number of likely N-dealkylation sites (tertiary alicyclic amines) is 1. The fraction of sp³-hybridized carbons (Fsp3) is 0.692. The Bertz CT molecular complexity index is 397. The fourth-order valence-electron chi connectivity index (χ4n) is 2.24. The van der Waals surface area contributed by atoms with Crippen LogP contribution in [0.15, 0.2) is 5.38 Å². The molecule has 0 aromatic carbocycles. The molecular formula is C13H20N2O2S. The Labute approximate surface area is 112 Å². The van der Waals surface area contributed by atoms with E-state index in [1.54, 1.807) is 11.3 Å². The summed E-state index contributed by atoms with van der Waals surface area (Å²) in [7, 11) is 3.59. The molecule has 5 heteroatoms. The highest BCUT2D eigenvalue weighted by Gasteiger charge is 2.20. The van der Waals surface area contributed by atoms with Gasteiger partial charge in [-0.15, -0.1) is 11.3 Å². The van der Waals surface area contributed by atoms with Gasteiger partial charge >= 0.3 is 5.97 Å². The standard InChI is InChI=1S/C13H20N2O2S/c1-15-7-5-10(6-8-15)11-9-18-12(14-11)3-4-13(16)17-2/h9-10H,3-8H2,1-2H3. The van der Waals surface area contributed by atoms with Crippen LogP contribution >= 0.6 is 11.3 Å². The lowest BCUT2D eigenvalue weighted by Gasteiger charge is -2.27. The van der Waals surface area contributed by atoms with Crippen LogP contribution in [0.5, 0.6) is 0 Å². The molecule has 100 valence electrons. The second-order valence-corrected chi connectivity index (χ2v) is 5.76. The monoisotopic (exact) mass is 268 g/mol. The zero-order valence-electron chi connectivity index (χ0n) is 11.0. The first-order valence-corrected chi connectivity index (χ1v) is 7.26. The Balaban J connectivity index is 1.87. The van der Waals surface area contributed by atoms with Gasteiger partial charge in [0, 0.05) is 17.7 Å². The van der Waals surface area contributed by atoms with Crippen molar-refractivity contribution in [2.45, 2.75) is 31.6 Å². The number of thiazole rings is 1. The Kier molecular flexibility index (Phi) is 4.72. The van der Waals surface area contributed by atoms with Crippen molar-refractivity contribution in [2.24, 2.45) is 0 Å². The van der Waals surface area contributed by atoms with Gasteiger partial charge in [0.2, 0.25) is 0 Å². The van der Waals surface area contributed by atoms with E-state index >= 15 is 0 Å². The molecule has 4 nitrogen and oxygen atoms in total. The molecule has 1 aliphatic heterocycles. The van der Waals surface area contributed by atoms with Crippen molar-refractivity contribution in [3.8, 4) is 0 Å². The predicted octanol–water partition coefficient (Wildman–Crippen LogP) is 2.06. The van der Waals surface area contributed by atoms with Crippen LogP contribution in [-0.4, -0.2) is 43.1 Å². The van der Waals surface area contributed by atoms with Crippen LogP contribution in [-0.2, 0) is 16.0 Å². The molecule has 0 spiro atoms. The van der Waals surface area contributed by atoms with Gasteiger partial charge < -0.3 is 9.64 Å². The van der Waals surface area contributed by atoms with E-state index in [-0.39, 0.29) is 5.97 Å². The first-order chi connectivity index (χ1) is 8.69. The Hall–Kier alpha value is -0.940. The molecule has 1 aromatic heterocycles. The number of ether oxygens (including phenoxy) is 1. The van der Waals surface area contributed by atoms with Gasteiger partial charge in [-0.05, 0) is 33.0 Å². The smallest absolute Gasteiger partial charge is 0.305 e. The van der Waals surface area contributed by atoms with E-state index in [4.69, 9.17) is 0 Å². The molecule has 0 aliphatic carbocycles. The average molecular weight is 268 g/mol. The van der Waals surface area contributed by atoms with Gasteiger partial charge in [0.05, 0.1) is 24.2 Å². The highest BCUT2D eigenvalue weighted by molar-refractivity contribution is 7.09. The lowest BCUT2D eigenvalue weighted by molar-refractivity contribution is -0.140. The zero-order valence-corrected chi connectivity index (χ0v) is 11.8. The van der Waals surface area contributed by atoms with Crippen LogP contribution < -0.4 is 0 Å². The molecule has 0 N–H and O–H groups in total. The number of methoxy groups -OCH3 is 1. The molecule has 0 radical (unpaired) electrons. The maximum Gasteiger partial charge on any atom is 0.305 e. The quantitative estimate of drug-likeness (QED) is 0.784. The molecule has 2 rings (SSSR count). The number of hydrogen-bond donors (Lipinski definition) is 0. The number of hydrogen-bond acceptors (Lipinski definition) is 5. The van der Waals surface area contributed by atoms with E-state index in [9.17, 15) is 4.79 Å². The molecule has 0 atom stereocenters. The third-order valence-electron chi connectivity index (χ3n) is 3.48. The molecular weight excluding hydrogens is 248 g/mol. The fourth-order valence-corrected chi connectivity index (χ4v) is 3.12. The number of carbonyl (C=O) groups is 1. The lowest BCUT2D eigenvalue weighted by atomic mass is 9.95. The highest BCUT2D eigenvalue weighted by atomic mass is 32.1. The molecule has 1 saturated heterocycles. The Morgan fingerprint density at radius 3 is 2.94 bits per heavy atom. The number of esters is 1. The Morgan fingerprint density at radius 2 is 2.28 bits per heavy atom. The average Bonchev–Trinajstić information content (AvgIpc) is 2.85. The number of carbonyl (C=O) groups excluding carboxylic acids is 1. The summed E-state index contributed by atoms with van der Waals surface area (Å²) >= 11 is 1.66. The summed E-state index contributed by atoms with van der Waals surface area (Å²) in [6, 6.07) is 0. The van der Waals surface area contributed by atoms with E-state index in [0.717, 1.165) is 18.1 Å². The van der Waals surface area contributed by atoms with Crippen LogP contribution in [0, 0.1) is 0 Å². The van der Waals surface area contributed by atoms with Gasteiger partial charge in [0.15, 0.2) is 0 Å². The lowest BCUT2D eigenvalue weighted by Crippen LogP contribution is -2.29. The van der Waals surface area contributed by atoms with Gasteiger partial charge in [-0.25, -0.2) is 4.98 Å². The van der Waals surface area contributed by atoms with E-state index in [0.29, 0.717) is 18.8 Å². The highest BCUT2D eigenvalue weighted by Crippen LogP contribution is 2.28. The van der Waals surface area contributed by atoms with Crippen molar-refractivity contribution < 1.29 is 9.53 Å². The summed E-state index contributed by atoms with van der Waals surface area (Å²) in [5, 5.41) is 3.21. The minimum absolute atomic E-state index is 0.161. The van der Waals surface area contributed by atoms with E-state index in [2.05, 4.69) is 27.0 Å². The van der Waals surface area contributed by atoms with Crippen LogP contribution in [0.2, 0.25) is 0 Å². The van der Waals surface area contributed by atoms with Crippen molar-refractivity contribution >= 4 is 17.3 Å². The second-order valence-electron chi connectivity index (χ2n) is 4.82. The summed E-state index contributed by atoms with van der Waals surface area (Å²) in [6.07, 6.45) is 3.51. The zero-order chi connectivity index (χ0) is 13.0. The molecule has 2 heterocycles.